The lowest BCUT2D eigenvalue weighted by Crippen LogP contribution is -2.80. The van der Waals surface area contributed by atoms with E-state index in [4.69, 9.17) is 17.2 Å². The van der Waals surface area contributed by atoms with Crippen molar-refractivity contribution in [2.45, 2.75) is 89.2 Å². The van der Waals surface area contributed by atoms with Crippen molar-refractivity contribution in [3.8, 4) is 0 Å². The molecule has 0 radical (unpaired) electrons. The second-order valence-electron chi connectivity index (χ2n) is 10.4. The van der Waals surface area contributed by atoms with Crippen LogP contribution in [0.3, 0.4) is 0 Å². The standard InChI is InChI=1S/C27H43N7/c1-2-31-17-9-14-24(31)19-32-25(28)33(22-12-5-3-4-6-13-22)27(30)34(26(32)29)23-16-15-20-10-7-8-11-21(20)18-23/h7-8,10-11,15-16,18,22,24-27H,2-6,9,12-14,17,19,28-30H2,1H3. The van der Waals surface area contributed by atoms with E-state index < -0.39 is 0 Å². The third kappa shape index (κ3) is 4.57. The van der Waals surface area contributed by atoms with Gasteiger partial charge >= 0.3 is 0 Å². The number of hydrogen-bond donors (Lipinski definition) is 3. The Morgan fingerprint density at radius 3 is 2.26 bits per heavy atom. The van der Waals surface area contributed by atoms with Gasteiger partial charge in [-0.15, -0.1) is 0 Å². The van der Waals surface area contributed by atoms with Gasteiger partial charge in [0.1, 0.15) is 18.9 Å². The van der Waals surface area contributed by atoms with Gasteiger partial charge in [0, 0.05) is 24.3 Å². The number of likely N-dealkylation sites (N-methyl/N-ethyl adjacent to an activating group) is 1. The molecule has 0 amide bonds. The number of benzene rings is 2. The van der Waals surface area contributed by atoms with E-state index in [1.54, 1.807) is 0 Å². The Labute approximate surface area is 204 Å². The van der Waals surface area contributed by atoms with Gasteiger partial charge in [-0.05, 0) is 61.7 Å². The van der Waals surface area contributed by atoms with Crippen molar-refractivity contribution in [3.05, 3.63) is 42.5 Å². The molecule has 5 rings (SSSR count). The number of anilines is 1. The molecule has 4 unspecified atom stereocenters. The maximum Gasteiger partial charge on any atom is 0.139 e. The lowest BCUT2D eigenvalue weighted by Gasteiger charge is -2.57. The predicted molar refractivity (Wildman–Crippen MR) is 141 cm³/mol. The molecule has 186 valence electrons. The van der Waals surface area contributed by atoms with Crippen LogP contribution in [0.4, 0.5) is 5.69 Å². The second-order valence-corrected chi connectivity index (χ2v) is 10.4. The highest BCUT2D eigenvalue weighted by molar-refractivity contribution is 5.86. The summed E-state index contributed by atoms with van der Waals surface area (Å²) in [6.45, 7) is 5.36. The largest absolute Gasteiger partial charge is 0.315 e. The molecule has 3 fully saturated rings. The van der Waals surface area contributed by atoms with Gasteiger partial charge in [0.05, 0.1) is 0 Å². The molecule has 0 spiro atoms. The average molecular weight is 466 g/mol. The first-order valence-electron chi connectivity index (χ1n) is 13.4. The van der Waals surface area contributed by atoms with Gasteiger partial charge in [-0.25, -0.2) is 9.80 Å². The smallest absolute Gasteiger partial charge is 0.139 e. The minimum absolute atomic E-state index is 0.274. The van der Waals surface area contributed by atoms with Crippen molar-refractivity contribution >= 4 is 16.5 Å². The Hall–Kier alpha value is -1.74. The number of fused-ring (bicyclic) bond motifs is 1. The molecule has 1 aliphatic carbocycles. The zero-order valence-electron chi connectivity index (χ0n) is 20.7. The molecule has 2 aliphatic heterocycles. The topological polar surface area (TPSA) is 91.0 Å². The van der Waals surface area contributed by atoms with Crippen molar-refractivity contribution < 1.29 is 0 Å². The maximum absolute atomic E-state index is 7.04. The van der Waals surface area contributed by atoms with Crippen LogP contribution in [-0.2, 0) is 0 Å². The molecule has 6 N–H and O–H groups in total. The van der Waals surface area contributed by atoms with Crippen LogP contribution in [0.25, 0.3) is 10.8 Å². The van der Waals surface area contributed by atoms with E-state index in [1.807, 2.05) is 0 Å². The SMILES string of the molecule is CCN1CCCC1CN1C(N)N(c2ccc3ccccc3c2)C(N)N(C2CCCCCC2)C1N. The molecule has 7 nitrogen and oxygen atoms in total. The van der Waals surface area contributed by atoms with Crippen LogP contribution in [0.2, 0.25) is 0 Å². The highest BCUT2D eigenvalue weighted by atomic mass is 15.7. The Morgan fingerprint density at radius 1 is 0.794 bits per heavy atom. The van der Waals surface area contributed by atoms with E-state index in [0.717, 1.165) is 31.6 Å². The maximum atomic E-state index is 7.04. The van der Waals surface area contributed by atoms with Crippen molar-refractivity contribution in [3.63, 3.8) is 0 Å². The Kier molecular flexibility index (Phi) is 7.39. The van der Waals surface area contributed by atoms with Crippen molar-refractivity contribution in [1.82, 2.24) is 14.7 Å². The number of nitrogens with zero attached hydrogens (tertiary/aromatic N) is 4. The van der Waals surface area contributed by atoms with Gasteiger partial charge in [-0.3, -0.25) is 16.4 Å². The van der Waals surface area contributed by atoms with E-state index in [9.17, 15) is 0 Å². The molecule has 1 saturated carbocycles. The lowest BCUT2D eigenvalue weighted by atomic mass is 10.1. The lowest BCUT2D eigenvalue weighted by molar-refractivity contribution is -0.0917. The molecular weight excluding hydrogens is 422 g/mol. The summed E-state index contributed by atoms with van der Waals surface area (Å²) in [6, 6.07) is 15.9. The molecule has 2 aromatic rings. The normalized spacial score (nSPS) is 30.8. The van der Waals surface area contributed by atoms with Crippen LogP contribution in [0.1, 0.15) is 58.3 Å². The summed E-state index contributed by atoms with van der Waals surface area (Å²) in [4.78, 5) is 9.45. The highest BCUT2D eigenvalue weighted by Gasteiger charge is 2.46. The number of nitrogens with two attached hydrogens (primary N) is 3. The van der Waals surface area contributed by atoms with Gasteiger partial charge in [0.15, 0.2) is 0 Å². The van der Waals surface area contributed by atoms with Crippen LogP contribution >= 0.6 is 0 Å². The van der Waals surface area contributed by atoms with Crippen LogP contribution < -0.4 is 22.1 Å². The number of rotatable bonds is 5. The van der Waals surface area contributed by atoms with E-state index in [2.05, 4.69) is 69.0 Å². The summed E-state index contributed by atoms with van der Waals surface area (Å²) in [6.07, 6.45) is 8.87. The quantitative estimate of drug-likeness (QED) is 0.584. The van der Waals surface area contributed by atoms with Gasteiger partial charge in [0.25, 0.3) is 0 Å². The van der Waals surface area contributed by atoms with Crippen LogP contribution in [0.15, 0.2) is 42.5 Å². The first kappa shape index (κ1) is 24.0. The van der Waals surface area contributed by atoms with Crippen molar-refractivity contribution in [2.75, 3.05) is 24.5 Å². The molecular formula is C27H43N7. The number of likely N-dealkylation sites (tertiary alicyclic amines) is 1. The molecule has 7 heteroatoms. The first-order chi connectivity index (χ1) is 16.6. The molecule has 0 bridgehead atoms. The third-order valence-electron chi connectivity index (χ3n) is 8.46. The predicted octanol–water partition coefficient (Wildman–Crippen LogP) is 3.20. The van der Waals surface area contributed by atoms with E-state index in [-0.39, 0.29) is 18.9 Å². The fourth-order valence-corrected chi connectivity index (χ4v) is 6.55. The zero-order valence-corrected chi connectivity index (χ0v) is 20.7. The summed E-state index contributed by atoms with van der Waals surface area (Å²) in [7, 11) is 0. The first-order valence-corrected chi connectivity index (χ1v) is 13.4. The van der Waals surface area contributed by atoms with Crippen molar-refractivity contribution in [1.29, 1.82) is 0 Å². The Morgan fingerprint density at radius 2 is 1.53 bits per heavy atom. The molecule has 0 aromatic heterocycles. The second kappa shape index (κ2) is 10.5. The Balaban J connectivity index is 1.50. The third-order valence-corrected chi connectivity index (χ3v) is 8.46. The summed E-state index contributed by atoms with van der Waals surface area (Å²) < 4.78 is 0. The summed E-state index contributed by atoms with van der Waals surface area (Å²) in [5, 5.41) is 2.43. The average Bonchev–Trinajstić information content (AvgIpc) is 3.14. The van der Waals surface area contributed by atoms with E-state index in [0.29, 0.717) is 12.1 Å². The molecule has 2 saturated heterocycles. The van der Waals surface area contributed by atoms with Crippen molar-refractivity contribution in [2.24, 2.45) is 17.2 Å². The fourth-order valence-electron chi connectivity index (χ4n) is 6.55. The summed E-state index contributed by atoms with van der Waals surface area (Å²) in [5.41, 5.74) is 22.1. The van der Waals surface area contributed by atoms with Gasteiger partial charge in [-0.1, -0.05) is 62.9 Å². The van der Waals surface area contributed by atoms with Crippen LogP contribution in [0.5, 0.6) is 0 Å². The molecule has 2 heterocycles. The van der Waals surface area contributed by atoms with E-state index >= 15 is 0 Å². The molecule has 2 aromatic carbocycles. The molecule has 4 atom stereocenters. The van der Waals surface area contributed by atoms with Gasteiger partial charge in [-0.2, -0.15) is 0 Å². The van der Waals surface area contributed by atoms with Crippen LogP contribution in [-0.4, -0.2) is 65.3 Å². The minimum atomic E-state index is -0.368. The zero-order chi connectivity index (χ0) is 23.7. The fraction of sp³-hybridized carbons (Fsp3) is 0.630. The highest BCUT2D eigenvalue weighted by Crippen LogP contribution is 2.34. The Bertz CT molecular complexity index is 943. The number of hydrogen-bond acceptors (Lipinski definition) is 7. The van der Waals surface area contributed by atoms with Crippen LogP contribution in [0, 0.1) is 0 Å². The molecule has 34 heavy (non-hydrogen) atoms. The minimum Gasteiger partial charge on any atom is -0.315 e. The summed E-state index contributed by atoms with van der Waals surface area (Å²) in [5.74, 6) is 0. The molecule has 3 aliphatic rings. The van der Waals surface area contributed by atoms with Gasteiger partial charge < -0.3 is 10.6 Å². The van der Waals surface area contributed by atoms with Gasteiger partial charge in [0.2, 0.25) is 0 Å². The summed E-state index contributed by atoms with van der Waals surface area (Å²) >= 11 is 0. The van der Waals surface area contributed by atoms with E-state index in [1.165, 1.54) is 55.8 Å². The monoisotopic (exact) mass is 465 g/mol.